The summed E-state index contributed by atoms with van der Waals surface area (Å²) in [6.07, 6.45) is 3.98. The van der Waals surface area contributed by atoms with Gasteiger partial charge in [-0.3, -0.25) is 0 Å². The number of nitrogens with one attached hydrogen (secondary N) is 2. The van der Waals surface area contributed by atoms with Crippen molar-refractivity contribution in [2.24, 2.45) is 0 Å². The quantitative estimate of drug-likeness (QED) is 0.806. The average molecular weight is 216 g/mol. The van der Waals surface area contributed by atoms with Gasteiger partial charge < -0.3 is 10.6 Å². The molecule has 1 unspecified atom stereocenters. The highest BCUT2D eigenvalue weighted by Gasteiger charge is 2.39. The largest absolute Gasteiger partial charge is 0.315 e. The molecule has 1 saturated heterocycles. The van der Waals surface area contributed by atoms with Crippen LogP contribution in [-0.2, 0) is 0 Å². The molecule has 1 aliphatic carbocycles. The van der Waals surface area contributed by atoms with Crippen molar-refractivity contribution < 1.29 is 0 Å². The first-order valence-electron chi connectivity index (χ1n) is 6.45. The first kappa shape index (κ1) is 10.3. The molecule has 86 valence electrons. The Morgan fingerprint density at radius 2 is 2.06 bits per heavy atom. The summed E-state index contributed by atoms with van der Waals surface area (Å²) in [5.74, 6) is 0.767. The monoisotopic (exact) mass is 216 g/mol. The number of hydrogen-bond donors (Lipinski definition) is 2. The molecule has 0 spiro atoms. The van der Waals surface area contributed by atoms with Gasteiger partial charge in [0.2, 0.25) is 0 Å². The summed E-state index contributed by atoms with van der Waals surface area (Å²) < 4.78 is 0. The molecule has 2 aliphatic rings. The van der Waals surface area contributed by atoms with Crippen LogP contribution in [0.1, 0.15) is 30.7 Å². The topological polar surface area (TPSA) is 24.1 Å². The number of benzene rings is 1. The van der Waals surface area contributed by atoms with E-state index in [1.54, 1.807) is 0 Å². The minimum atomic E-state index is 0.701. The van der Waals surface area contributed by atoms with Gasteiger partial charge in [0.25, 0.3) is 0 Å². The molecule has 1 aromatic carbocycles. The maximum absolute atomic E-state index is 3.78. The second-order valence-electron chi connectivity index (χ2n) is 5.07. The van der Waals surface area contributed by atoms with Crippen LogP contribution in [0.5, 0.6) is 0 Å². The first-order chi connectivity index (χ1) is 7.93. The lowest BCUT2D eigenvalue weighted by atomic mass is 10.1. The van der Waals surface area contributed by atoms with Crippen molar-refractivity contribution in [1.82, 2.24) is 10.6 Å². The molecule has 1 aromatic rings. The molecule has 2 heteroatoms. The molecule has 1 heterocycles. The van der Waals surface area contributed by atoms with Crippen molar-refractivity contribution in [1.29, 1.82) is 0 Å². The van der Waals surface area contributed by atoms with Crippen LogP contribution >= 0.6 is 0 Å². The zero-order valence-corrected chi connectivity index (χ0v) is 9.65. The van der Waals surface area contributed by atoms with E-state index in [-0.39, 0.29) is 0 Å². The summed E-state index contributed by atoms with van der Waals surface area (Å²) in [4.78, 5) is 0. The Morgan fingerprint density at radius 1 is 1.19 bits per heavy atom. The molecular weight excluding hydrogens is 196 g/mol. The van der Waals surface area contributed by atoms with Crippen LogP contribution in [0.15, 0.2) is 30.3 Å². The van der Waals surface area contributed by atoms with E-state index in [1.807, 2.05) is 0 Å². The third-order valence-corrected chi connectivity index (χ3v) is 3.76. The fourth-order valence-electron chi connectivity index (χ4n) is 2.74. The average Bonchev–Trinajstić information content (AvgIpc) is 3.11. The second-order valence-corrected chi connectivity index (χ2v) is 5.07. The summed E-state index contributed by atoms with van der Waals surface area (Å²) in [6.45, 7) is 2.35. The van der Waals surface area contributed by atoms with Crippen molar-refractivity contribution in [3.8, 4) is 0 Å². The zero-order valence-electron chi connectivity index (χ0n) is 9.65. The van der Waals surface area contributed by atoms with E-state index in [4.69, 9.17) is 0 Å². The fraction of sp³-hybridized carbons (Fsp3) is 0.571. The van der Waals surface area contributed by atoms with Crippen molar-refractivity contribution in [3.63, 3.8) is 0 Å². The second kappa shape index (κ2) is 4.56. The van der Waals surface area contributed by atoms with Crippen molar-refractivity contribution in [3.05, 3.63) is 35.9 Å². The van der Waals surface area contributed by atoms with Crippen LogP contribution < -0.4 is 10.6 Å². The Kier molecular flexibility index (Phi) is 2.94. The van der Waals surface area contributed by atoms with Crippen LogP contribution in [0.3, 0.4) is 0 Å². The third-order valence-electron chi connectivity index (χ3n) is 3.76. The molecule has 0 bridgehead atoms. The van der Waals surface area contributed by atoms with E-state index in [1.165, 1.54) is 31.4 Å². The van der Waals surface area contributed by atoms with E-state index in [0.29, 0.717) is 6.04 Å². The lowest BCUT2D eigenvalue weighted by molar-refractivity contribution is 0.386. The number of hydrogen-bond acceptors (Lipinski definition) is 2. The maximum atomic E-state index is 3.78. The molecule has 1 saturated carbocycles. The van der Waals surface area contributed by atoms with Crippen LogP contribution in [0.25, 0.3) is 0 Å². The Labute approximate surface area is 97.4 Å². The van der Waals surface area contributed by atoms with E-state index in [0.717, 1.165) is 18.5 Å². The zero-order chi connectivity index (χ0) is 10.8. The van der Waals surface area contributed by atoms with Gasteiger partial charge in [-0.05, 0) is 31.4 Å². The molecule has 0 radical (unpaired) electrons. The molecule has 1 aliphatic heterocycles. The minimum Gasteiger partial charge on any atom is -0.315 e. The fourth-order valence-corrected chi connectivity index (χ4v) is 2.74. The van der Waals surface area contributed by atoms with Crippen molar-refractivity contribution in [2.75, 3.05) is 13.1 Å². The Balaban J connectivity index is 1.52. The maximum Gasteiger partial charge on any atom is 0.0195 e. The molecular formula is C14H20N2. The molecule has 2 nitrogen and oxygen atoms in total. The Bertz CT molecular complexity index is 330. The SMILES string of the molecule is c1ccc([C@@H]2C[C@H]2NC2CCCNC2)cc1. The van der Waals surface area contributed by atoms with Gasteiger partial charge in [0.15, 0.2) is 0 Å². The van der Waals surface area contributed by atoms with Gasteiger partial charge in [0.1, 0.15) is 0 Å². The van der Waals surface area contributed by atoms with Gasteiger partial charge in [-0.1, -0.05) is 30.3 Å². The molecule has 2 fully saturated rings. The van der Waals surface area contributed by atoms with Gasteiger partial charge in [0.05, 0.1) is 0 Å². The van der Waals surface area contributed by atoms with Gasteiger partial charge in [0, 0.05) is 24.5 Å². The predicted octanol–water partition coefficient (Wildman–Crippen LogP) is 1.88. The lowest BCUT2D eigenvalue weighted by Crippen LogP contribution is -2.44. The Hall–Kier alpha value is -0.860. The van der Waals surface area contributed by atoms with Gasteiger partial charge in [-0.2, -0.15) is 0 Å². The van der Waals surface area contributed by atoms with Crippen LogP contribution in [0, 0.1) is 0 Å². The normalized spacial score (nSPS) is 33.6. The molecule has 3 rings (SSSR count). The number of rotatable bonds is 3. The minimum absolute atomic E-state index is 0.701. The molecule has 2 N–H and O–H groups in total. The summed E-state index contributed by atoms with van der Waals surface area (Å²) in [6, 6.07) is 12.3. The van der Waals surface area contributed by atoms with E-state index in [9.17, 15) is 0 Å². The third kappa shape index (κ3) is 2.28. The standard InChI is InChI=1S/C14H20N2/c1-2-5-11(6-3-1)13-9-14(13)16-12-7-4-8-15-10-12/h1-3,5-6,12-16H,4,7-10H2/t12?,13-,14+/m0/s1. The Morgan fingerprint density at radius 3 is 2.81 bits per heavy atom. The van der Waals surface area contributed by atoms with Gasteiger partial charge >= 0.3 is 0 Å². The smallest absolute Gasteiger partial charge is 0.0195 e. The summed E-state index contributed by atoms with van der Waals surface area (Å²) >= 11 is 0. The number of piperidine rings is 1. The molecule has 16 heavy (non-hydrogen) atoms. The van der Waals surface area contributed by atoms with E-state index in [2.05, 4.69) is 41.0 Å². The van der Waals surface area contributed by atoms with Crippen LogP contribution in [-0.4, -0.2) is 25.2 Å². The molecule has 0 aromatic heterocycles. The highest BCUT2D eigenvalue weighted by atomic mass is 15.1. The first-order valence-corrected chi connectivity index (χ1v) is 6.45. The van der Waals surface area contributed by atoms with Crippen LogP contribution in [0.4, 0.5) is 0 Å². The highest BCUT2D eigenvalue weighted by Crippen LogP contribution is 2.41. The molecule has 0 amide bonds. The van der Waals surface area contributed by atoms with E-state index >= 15 is 0 Å². The summed E-state index contributed by atoms with van der Waals surface area (Å²) in [5, 5.41) is 7.24. The lowest BCUT2D eigenvalue weighted by Gasteiger charge is -2.24. The van der Waals surface area contributed by atoms with Crippen molar-refractivity contribution >= 4 is 0 Å². The van der Waals surface area contributed by atoms with Gasteiger partial charge in [-0.15, -0.1) is 0 Å². The summed E-state index contributed by atoms with van der Waals surface area (Å²) in [5.41, 5.74) is 1.50. The van der Waals surface area contributed by atoms with Crippen LogP contribution in [0.2, 0.25) is 0 Å². The van der Waals surface area contributed by atoms with Gasteiger partial charge in [-0.25, -0.2) is 0 Å². The van der Waals surface area contributed by atoms with E-state index < -0.39 is 0 Å². The van der Waals surface area contributed by atoms with Crippen molar-refractivity contribution in [2.45, 2.75) is 37.3 Å². The highest BCUT2D eigenvalue weighted by molar-refractivity contribution is 5.27. The predicted molar refractivity (Wildman–Crippen MR) is 66.6 cm³/mol. The molecule has 3 atom stereocenters. The summed E-state index contributed by atoms with van der Waals surface area (Å²) in [7, 11) is 0.